The van der Waals surface area contributed by atoms with Crippen LogP contribution in [0.1, 0.15) is 45.9 Å². The first kappa shape index (κ1) is 13.6. The lowest BCUT2D eigenvalue weighted by molar-refractivity contribution is 0.0696. The van der Waals surface area contributed by atoms with Crippen LogP contribution in [0.25, 0.3) is 0 Å². The summed E-state index contributed by atoms with van der Waals surface area (Å²) in [6, 6.07) is 10.2. The quantitative estimate of drug-likeness (QED) is 0.903. The van der Waals surface area contributed by atoms with Crippen LogP contribution in [0.4, 0.5) is 5.82 Å². The molecule has 0 aliphatic heterocycles. The van der Waals surface area contributed by atoms with Gasteiger partial charge in [0.05, 0.1) is 6.04 Å². The van der Waals surface area contributed by atoms with E-state index in [2.05, 4.69) is 28.5 Å². The van der Waals surface area contributed by atoms with Crippen molar-refractivity contribution in [3.8, 4) is 0 Å². The van der Waals surface area contributed by atoms with Crippen molar-refractivity contribution in [1.29, 1.82) is 0 Å². The van der Waals surface area contributed by atoms with Crippen molar-refractivity contribution in [1.82, 2.24) is 4.98 Å². The number of rotatable bonds is 3. The molecule has 1 aromatic heterocycles. The van der Waals surface area contributed by atoms with E-state index < -0.39 is 5.97 Å². The molecule has 0 spiro atoms. The van der Waals surface area contributed by atoms with Crippen molar-refractivity contribution >= 4 is 11.8 Å². The van der Waals surface area contributed by atoms with Crippen molar-refractivity contribution in [3.63, 3.8) is 0 Å². The maximum Gasteiger partial charge on any atom is 0.339 e. The molecule has 1 aliphatic carbocycles. The minimum atomic E-state index is -0.938. The Morgan fingerprint density at radius 1 is 1.33 bits per heavy atom. The van der Waals surface area contributed by atoms with Crippen molar-refractivity contribution in [2.24, 2.45) is 0 Å². The third kappa shape index (κ3) is 2.61. The van der Waals surface area contributed by atoms with Gasteiger partial charge < -0.3 is 10.4 Å². The van der Waals surface area contributed by atoms with Gasteiger partial charge in [0.25, 0.3) is 0 Å². The van der Waals surface area contributed by atoms with Gasteiger partial charge in [0, 0.05) is 6.20 Å². The molecule has 0 radical (unpaired) electrons. The van der Waals surface area contributed by atoms with E-state index in [0.717, 1.165) is 24.8 Å². The van der Waals surface area contributed by atoms with E-state index in [-0.39, 0.29) is 11.6 Å². The molecular formula is C17H18N2O2. The molecule has 0 saturated heterocycles. The molecule has 0 bridgehead atoms. The lowest BCUT2D eigenvalue weighted by Gasteiger charge is -2.27. The molecule has 1 unspecified atom stereocenters. The van der Waals surface area contributed by atoms with E-state index in [9.17, 15) is 9.90 Å². The molecule has 1 atom stereocenters. The number of nitrogens with zero attached hydrogens (tertiary/aromatic N) is 1. The van der Waals surface area contributed by atoms with E-state index in [0.29, 0.717) is 5.82 Å². The lowest BCUT2D eigenvalue weighted by atomic mass is 9.87. The SMILES string of the molecule is Cc1ccnc(NC2CCCc3ccccc32)c1C(=O)O. The highest BCUT2D eigenvalue weighted by Gasteiger charge is 2.22. The molecule has 0 amide bonds. The third-order valence-electron chi connectivity index (χ3n) is 4.05. The van der Waals surface area contributed by atoms with Crippen LogP contribution in [0.15, 0.2) is 36.5 Å². The Balaban J connectivity index is 1.96. The van der Waals surface area contributed by atoms with Gasteiger partial charge in [0.1, 0.15) is 11.4 Å². The summed E-state index contributed by atoms with van der Waals surface area (Å²) in [4.78, 5) is 15.7. The standard InChI is InChI=1S/C17H18N2O2/c1-11-9-10-18-16(15(11)17(20)21)19-14-8-4-6-12-5-2-3-7-13(12)14/h2-3,5,7,9-10,14H,4,6,8H2,1H3,(H,18,19)(H,20,21). The molecule has 1 heterocycles. The molecule has 0 saturated carbocycles. The van der Waals surface area contributed by atoms with E-state index >= 15 is 0 Å². The van der Waals surface area contributed by atoms with Crippen LogP contribution in [0.3, 0.4) is 0 Å². The number of fused-ring (bicyclic) bond motifs is 1. The van der Waals surface area contributed by atoms with Gasteiger partial charge in [-0.05, 0) is 48.9 Å². The van der Waals surface area contributed by atoms with Crippen LogP contribution >= 0.6 is 0 Å². The van der Waals surface area contributed by atoms with Crippen LogP contribution in [-0.4, -0.2) is 16.1 Å². The second kappa shape index (κ2) is 5.56. The summed E-state index contributed by atoms with van der Waals surface area (Å²) in [7, 11) is 0. The Hall–Kier alpha value is -2.36. The van der Waals surface area contributed by atoms with Crippen LogP contribution in [-0.2, 0) is 6.42 Å². The lowest BCUT2D eigenvalue weighted by Crippen LogP contribution is -2.20. The molecule has 1 aliphatic rings. The van der Waals surface area contributed by atoms with Gasteiger partial charge in [-0.2, -0.15) is 0 Å². The molecule has 2 aromatic rings. The minimum Gasteiger partial charge on any atom is -0.478 e. The zero-order valence-corrected chi connectivity index (χ0v) is 12.0. The first-order chi connectivity index (χ1) is 10.2. The first-order valence-electron chi connectivity index (χ1n) is 7.20. The van der Waals surface area contributed by atoms with Crippen molar-refractivity contribution in [3.05, 3.63) is 58.8 Å². The van der Waals surface area contributed by atoms with E-state index in [1.807, 2.05) is 6.07 Å². The molecule has 108 valence electrons. The monoisotopic (exact) mass is 282 g/mol. The zero-order valence-electron chi connectivity index (χ0n) is 12.0. The smallest absolute Gasteiger partial charge is 0.339 e. The summed E-state index contributed by atoms with van der Waals surface area (Å²) in [5, 5.41) is 12.7. The van der Waals surface area contributed by atoms with Gasteiger partial charge >= 0.3 is 5.97 Å². The average molecular weight is 282 g/mol. The molecule has 21 heavy (non-hydrogen) atoms. The number of hydrogen-bond donors (Lipinski definition) is 2. The maximum atomic E-state index is 11.4. The Bertz CT molecular complexity index is 682. The molecular weight excluding hydrogens is 264 g/mol. The molecule has 4 nitrogen and oxygen atoms in total. The first-order valence-corrected chi connectivity index (χ1v) is 7.20. The summed E-state index contributed by atoms with van der Waals surface area (Å²) in [6.45, 7) is 1.80. The number of carboxylic acid groups (broad SMARTS) is 1. The van der Waals surface area contributed by atoms with Gasteiger partial charge in [-0.25, -0.2) is 9.78 Å². The summed E-state index contributed by atoms with van der Waals surface area (Å²) in [5.41, 5.74) is 3.58. The Labute approximate surface area is 123 Å². The summed E-state index contributed by atoms with van der Waals surface area (Å²) >= 11 is 0. The number of aromatic carboxylic acids is 1. The highest BCUT2D eigenvalue weighted by Crippen LogP contribution is 2.33. The largest absolute Gasteiger partial charge is 0.478 e. The van der Waals surface area contributed by atoms with Crippen LogP contribution in [0, 0.1) is 6.92 Å². The summed E-state index contributed by atoms with van der Waals surface area (Å²) < 4.78 is 0. The number of pyridine rings is 1. The minimum absolute atomic E-state index is 0.127. The average Bonchev–Trinajstić information content (AvgIpc) is 2.47. The molecule has 1 aromatic carbocycles. The predicted octanol–water partition coefficient (Wildman–Crippen LogP) is 3.58. The molecule has 4 heteroatoms. The number of nitrogens with one attached hydrogen (secondary N) is 1. The number of carbonyl (C=O) groups is 1. The highest BCUT2D eigenvalue weighted by molar-refractivity contribution is 5.94. The molecule has 2 N–H and O–H groups in total. The van der Waals surface area contributed by atoms with Gasteiger partial charge in [-0.15, -0.1) is 0 Å². The molecule has 0 fully saturated rings. The number of carboxylic acids is 1. The van der Waals surface area contributed by atoms with E-state index in [4.69, 9.17) is 0 Å². The van der Waals surface area contributed by atoms with Gasteiger partial charge in [0.2, 0.25) is 0 Å². The highest BCUT2D eigenvalue weighted by atomic mass is 16.4. The van der Waals surface area contributed by atoms with Crippen molar-refractivity contribution in [2.45, 2.75) is 32.2 Å². The Kier molecular flexibility index (Phi) is 3.60. The third-order valence-corrected chi connectivity index (χ3v) is 4.05. The second-order valence-corrected chi connectivity index (χ2v) is 5.44. The number of hydrogen-bond acceptors (Lipinski definition) is 3. The van der Waals surface area contributed by atoms with Gasteiger partial charge in [0.15, 0.2) is 0 Å². The maximum absolute atomic E-state index is 11.4. The number of aromatic nitrogens is 1. The number of aryl methyl sites for hydroxylation is 2. The second-order valence-electron chi connectivity index (χ2n) is 5.44. The number of benzene rings is 1. The normalized spacial score (nSPS) is 17.1. The van der Waals surface area contributed by atoms with E-state index in [1.165, 1.54) is 11.1 Å². The van der Waals surface area contributed by atoms with Crippen LogP contribution in [0.5, 0.6) is 0 Å². The fourth-order valence-corrected chi connectivity index (χ4v) is 3.01. The fourth-order valence-electron chi connectivity index (χ4n) is 3.01. The molecule has 3 rings (SSSR count). The summed E-state index contributed by atoms with van der Waals surface area (Å²) in [6.07, 6.45) is 4.83. The fraction of sp³-hybridized carbons (Fsp3) is 0.294. The predicted molar refractivity (Wildman–Crippen MR) is 81.7 cm³/mol. The van der Waals surface area contributed by atoms with Crippen LogP contribution < -0.4 is 5.32 Å². The van der Waals surface area contributed by atoms with Gasteiger partial charge in [-0.3, -0.25) is 0 Å². The number of anilines is 1. The van der Waals surface area contributed by atoms with Gasteiger partial charge in [-0.1, -0.05) is 24.3 Å². The zero-order chi connectivity index (χ0) is 14.8. The summed E-state index contributed by atoms with van der Waals surface area (Å²) in [5.74, 6) is -0.476. The van der Waals surface area contributed by atoms with Crippen molar-refractivity contribution in [2.75, 3.05) is 5.32 Å². The Morgan fingerprint density at radius 3 is 2.95 bits per heavy atom. The van der Waals surface area contributed by atoms with E-state index in [1.54, 1.807) is 19.2 Å². The van der Waals surface area contributed by atoms with Crippen molar-refractivity contribution < 1.29 is 9.90 Å². The topological polar surface area (TPSA) is 62.2 Å². The van der Waals surface area contributed by atoms with Crippen LogP contribution in [0.2, 0.25) is 0 Å². The Morgan fingerprint density at radius 2 is 2.14 bits per heavy atom.